The average molecular weight is 256 g/mol. The zero-order valence-corrected chi connectivity index (χ0v) is 10.8. The smallest absolute Gasteiger partial charge is 0.438 e. The SMILES string of the molecule is CCOC(=O)c1cnn(C(=O)OC(C)(C)C)c1O. The Balaban J connectivity index is 2.93. The highest BCUT2D eigenvalue weighted by atomic mass is 16.6. The van der Waals surface area contributed by atoms with Gasteiger partial charge in [0.25, 0.3) is 0 Å². The van der Waals surface area contributed by atoms with Crippen LogP contribution in [0.4, 0.5) is 4.79 Å². The van der Waals surface area contributed by atoms with E-state index in [-0.39, 0.29) is 12.2 Å². The molecule has 0 aliphatic heterocycles. The molecule has 0 atom stereocenters. The van der Waals surface area contributed by atoms with Crippen LogP contribution in [0.25, 0.3) is 0 Å². The Bertz CT molecular complexity index is 458. The van der Waals surface area contributed by atoms with E-state index >= 15 is 0 Å². The van der Waals surface area contributed by atoms with Crippen LogP contribution in [0.2, 0.25) is 0 Å². The first-order chi connectivity index (χ1) is 8.26. The number of hydrogen-bond donors (Lipinski definition) is 1. The summed E-state index contributed by atoms with van der Waals surface area (Å²) >= 11 is 0. The highest BCUT2D eigenvalue weighted by Gasteiger charge is 2.25. The molecule has 1 aromatic heterocycles. The standard InChI is InChI=1S/C11H16N2O5/c1-5-17-9(15)7-6-12-13(8(7)14)10(16)18-11(2,3)4/h6,14H,5H2,1-4H3. The van der Waals surface area contributed by atoms with Gasteiger partial charge in [-0.25, -0.2) is 9.59 Å². The number of nitrogens with zero attached hydrogens (tertiary/aromatic N) is 2. The van der Waals surface area contributed by atoms with Gasteiger partial charge in [0.1, 0.15) is 11.2 Å². The summed E-state index contributed by atoms with van der Waals surface area (Å²) in [5.74, 6) is -1.34. The number of carbonyl (C=O) groups is 2. The molecule has 100 valence electrons. The van der Waals surface area contributed by atoms with Crippen LogP contribution >= 0.6 is 0 Å². The summed E-state index contributed by atoms with van der Waals surface area (Å²) in [6.07, 6.45) is 0.188. The number of carbonyl (C=O) groups excluding carboxylic acids is 2. The third kappa shape index (κ3) is 3.22. The van der Waals surface area contributed by atoms with Crippen LogP contribution in [-0.4, -0.2) is 39.2 Å². The first kappa shape index (κ1) is 14.0. The number of rotatable bonds is 2. The van der Waals surface area contributed by atoms with Crippen molar-refractivity contribution in [3.8, 4) is 5.88 Å². The van der Waals surface area contributed by atoms with Crippen molar-refractivity contribution < 1.29 is 24.2 Å². The first-order valence-corrected chi connectivity index (χ1v) is 5.43. The van der Waals surface area contributed by atoms with Crippen molar-refractivity contribution in [3.05, 3.63) is 11.8 Å². The highest BCUT2D eigenvalue weighted by molar-refractivity contribution is 5.92. The summed E-state index contributed by atoms with van der Waals surface area (Å²) in [5, 5.41) is 13.3. The second kappa shape index (κ2) is 5.07. The minimum atomic E-state index is -0.865. The monoisotopic (exact) mass is 256 g/mol. The zero-order valence-electron chi connectivity index (χ0n) is 10.8. The van der Waals surface area contributed by atoms with Crippen LogP contribution in [-0.2, 0) is 9.47 Å². The van der Waals surface area contributed by atoms with Crippen molar-refractivity contribution in [3.63, 3.8) is 0 Å². The van der Waals surface area contributed by atoms with Gasteiger partial charge in [-0.2, -0.15) is 5.10 Å². The highest BCUT2D eigenvalue weighted by Crippen LogP contribution is 2.19. The average Bonchev–Trinajstić information content (AvgIpc) is 2.57. The van der Waals surface area contributed by atoms with Crippen molar-refractivity contribution in [1.82, 2.24) is 9.78 Å². The van der Waals surface area contributed by atoms with Gasteiger partial charge in [0, 0.05) is 0 Å². The van der Waals surface area contributed by atoms with E-state index in [1.807, 2.05) is 0 Å². The van der Waals surface area contributed by atoms with Crippen LogP contribution < -0.4 is 0 Å². The molecule has 0 spiro atoms. The molecule has 0 aliphatic carbocycles. The largest absolute Gasteiger partial charge is 0.492 e. The summed E-state index contributed by atoms with van der Waals surface area (Å²) in [6, 6.07) is 0. The fraction of sp³-hybridized carbons (Fsp3) is 0.545. The number of aromatic nitrogens is 2. The van der Waals surface area contributed by atoms with Gasteiger partial charge in [0.2, 0.25) is 5.88 Å². The Morgan fingerprint density at radius 3 is 2.56 bits per heavy atom. The molecular formula is C11H16N2O5. The van der Waals surface area contributed by atoms with Gasteiger partial charge < -0.3 is 14.6 Å². The minimum absolute atomic E-state index is 0.163. The van der Waals surface area contributed by atoms with Gasteiger partial charge in [0.05, 0.1) is 12.8 Å². The van der Waals surface area contributed by atoms with E-state index in [2.05, 4.69) is 5.10 Å². The molecule has 0 bridgehead atoms. The van der Waals surface area contributed by atoms with E-state index < -0.39 is 23.5 Å². The van der Waals surface area contributed by atoms with Gasteiger partial charge in [-0.15, -0.1) is 4.68 Å². The lowest BCUT2D eigenvalue weighted by Gasteiger charge is -2.18. The maximum absolute atomic E-state index is 11.6. The summed E-state index contributed by atoms with van der Waals surface area (Å²) in [5.41, 5.74) is -0.901. The van der Waals surface area contributed by atoms with E-state index in [4.69, 9.17) is 9.47 Å². The molecule has 1 rings (SSSR count). The third-order valence-corrected chi connectivity index (χ3v) is 1.81. The molecule has 7 nitrogen and oxygen atoms in total. The van der Waals surface area contributed by atoms with Crippen LogP contribution in [0.5, 0.6) is 5.88 Å². The van der Waals surface area contributed by atoms with E-state index in [0.29, 0.717) is 4.68 Å². The molecule has 0 saturated carbocycles. The molecule has 0 unspecified atom stereocenters. The Kier molecular flexibility index (Phi) is 3.95. The molecule has 0 saturated heterocycles. The fourth-order valence-corrected chi connectivity index (χ4v) is 1.13. The normalized spacial score (nSPS) is 11.1. The van der Waals surface area contributed by atoms with Crippen molar-refractivity contribution in [2.75, 3.05) is 6.61 Å². The number of hydrogen-bond acceptors (Lipinski definition) is 6. The predicted octanol–water partition coefficient (Wildman–Crippen LogP) is 1.55. The number of esters is 1. The van der Waals surface area contributed by atoms with E-state index in [1.165, 1.54) is 0 Å². The van der Waals surface area contributed by atoms with Crippen LogP contribution in [0.1, 0.15) is 38.1 Å². The quantitative estimate of drug-likeness (QED) is 0.807. The summed E-state index contributed by atoms with van der Waals surface area (Å²) < 4.78 is 10.3. The second-order valence-corrected chi connectivity index (χ2v) is 4.49. The second-order valence-electron chi connectivity index (χ2n) is 4.49. The third-order valence-electron chi connectivity index (χ3n) is 1.81. The van der Waals surface area contributed by atoms with Crippen LogP contribution in [0.15, 0.2) is 6.20 Å². The number of aromatic hydroxyl groups is 1. The molecular weight excluding hydrogens is 240 g/mol. The Morgan fingerprint density at radius 2 is 2.06 bits per heavy atom. The Labute approximate surface area is 104 Å². The molecule has 18 heavy (non-hydrogen) atoms. The van der Waals surface area contributed by atoms with Gasteiger partial charge >= 0.3 is 12.1 Å². The van der Waals surface area contributed by atoms with Gasteiger partial charge in [0.15, 0.2) is 0 Å². The van der Waals surface area contributed by atoms with Crippen molar-refractivity contribution >= 4 is 12.1 Å². The molecule has 1 aromatic rings. The molecule has 1 heterocycles. The first-order valence-electron chi connectivity index (χ1n) is 5.43. The Hall–Kier alpha value is -2.05. The van der Waals surface area contributed by atoms with Crippen LogP contribution in [0.3, 0.4) is 0 Å². The van der Waals surface area contributed by atoms with E-state index in [0.717, 1.165) is 6.20 Å². The summed E-state index contributed by atoms with van der Waals surface area (Å²) in [7, 11) is 0. The zero-order chi connectivity index (χ0) is 13.9. The molecule has 0 radical (unpaired) electrons. The van der Waals surface area contributed by atoms with E-state index in [9.17, 15) is 14.7 Å². The molecule has 0 amide bonds. The van der Waals surface area contributed by atoms with Crippen molar-refractivity contribution in [1.29, 1.82) is 0 Å². The molecule has 7 heteroatoms. The maximum atomic E-state index is 11.6. The van der Waals surface area contributed by atoms with Crippen molar-refractivity contribution in [2.24, 2.45) is 0 Å². The maximum Gasteiger partial charge on any atom is 0.438 e. The minimum Gasteiger partial charge on any atom is -0.492 e. The van der Waals surface area contributed by atoms with Gasteiger partial charge in [-0.3, -0.25) is 0 Å². The predicted molar refractivity (Wildman–Crippen MR) is 61.5 cm³/mol. The van der Waals surface area contributed by atoms with Crippen LogP contribution in [0, 0.1) is 0 Å². The van der Waals surface area contributed by atoms with E-state index in [1.54, 1.807) is 27.7 Å². The molecule has 0 aliphatic rings. The topological polar surface area (TPSA) is 90.7 Å². The lowest BCUT2D eigenvalue weighted by molar-refractivity contribution is 0.0498. The summed E-state index contributed by atoms with van der Waals surface area (Å²) in [4.78, 5) is 23.0. The van der Waals surface area contributed by atoms with Gasteiger partial charge in [-0.05, 0) is 27.7 Å². The Morgan fingerprint density at radius 1 is 1.44 bits per heavy atom. The molecule has 1 N–H and O–H groups in total. The van der Waals surface area contributed by atoms with Gasteiger partial charge in [-0.1, -0.05) is 0 Å². The van der Waals surface area contributed by atoms with Crippen molar-refractivity contribution in [2.45, 2.75) is 33.3 Å². The summed E-state index contributed by atoms with van der Waals surface area (Å²) in [6.45, 7) is 6.83. The fourth-order valence-electron chi connectivity index (χ4n) is 1.13. The molecule has 0 fully saturated rings. The number of ether oxygens (including phenoxy) is 2. The lowest BCUT2D eigenvalue weighted by Crippen LogP contribution is -2.27. The molecule has 0 aromatic carbocycles. The lowest BCUT2D eigenvalue weighted by atomic mass is 10.2.